The maximum atomic E-state index is 12.5. The third-order valence-corrected chi connectivity index (χ3v) is 5.01. The molecule has 1 amide bonds. The van der Waals surface area contributed by atoms with Gasteiger partial charge in [-0.2, -0.15) is 0 Å². The molecule has 3 rings (SSSR count). The average molecular weight is 369 g/mol. The second-order valence-electron chi connectivity index (χ2n) is 7.22. The fraction of sp³-hybridized carbons (Fsp3) is 0.500. The summed E-state index contributed by atoms with van der Waals surface area (Å²) in [5.74, 6) is 1.39. The lowest BCUT2D eigenvalue weighted by molar-refractivity contribution is -0.127. The van der Waals surface area contributed by atoms with E-state index < -0.39 is 11.7 Å². The normalized spacial score (nSPS) is 15.3. The van der Waals surface area contributed by atoms with Gasteiger partial charge in [-0.3, -0.25) is 9.59 Å². The zero-order chi connectivity index (χ0) is 19.4. The van der Waals surface area contributed by atoms with Crippen LogP contribution in [-0.2, 0) is 17.9 Å². The number of Topliss-reactive ketones (excluding diaryl/α,β-unsaturated/α-hetero) is 1. The Kier molecular flexibility index (Phi) is 6.01. The van der Waals surface area contributed by atoms with Gasteiger partial charge < -0.3 is 14.4 Å². The number of hydrogen-bond donors (Lipinski definition) is 0. The summed E-state index contributed by atoms with van der Waals surface area (Å²) in [5.41, 5.74) is 0.448. The minimum atomic E-state index is -0.431. The quantitative estimate of drug-likeness (QED) is 0.575. The first-order valence-corrected chi connectivity index (χ1v) is 9.46. The molecule has 27 heavy (non-hydrogen) atoms. The van der Waals surface area contributed by atoms with E-state index >= 15 is 0 Å². The van der Waals surface area contributed by atoms with Gasteiger partial charge in [-0.1, -0.05) is 30.3 Å². The van der Waals surface area contributed by atoms with Gasteiger partial charge in [0, 0.05) is 31.1 Å². The molecule has 1 aliphatic rings. The van der Waals surface area contributed by atoms with Gasteiger partial charge in [0.05, 0.1) is 6.54 Å². The van der Waals surface area contributed by atoms with Gasteiger partial charge in [0.1, 0.15) is 11.6 Å². The number of piperidine rings is 1. The topological polar surface area (TPSA) is 71.3 Å². The summed E-state index contributed by atoms with van der Waals surface area (Å²) in [5, 5.41) is 8.79. The minimum absolute atomic E-state index is 0.268. The molecule has 0 atom stereocenters. The average Bonchev–Trinajstić information content (AvgIpc) is 3.09. The van der Waals surface area contributed by atoms with E-state index in [-0.39, 0.29) is 5.92 Å². The van der Waals surface area contributed by atoms with Gasteiger partial charge in [-0.05, 0) is 33.9 Å². The summed E-state index contributed by atoms with van der Waals surface area (Å²) in [6.45, 7) is 4.83. The first kappa shape index (κ1) is 19.2. The van der Waals surface area contributed by atoms with E-state index in [1.54, 1.807) is 29.2 Å². The SMILES string of the molecule is CCn1c(CN(C)C)nnc1C1CCN(C(=O)C(=O)c2ccccc2)CC1. The Hall–Kier alpha value is -2.54. The van der Waals surface area contributed by atoms with Gasteiger partial charge in [-0.15, -0.1) is 10.2 Å². The van der Waals surface area contributed by atoms with Crippen LogP contribution in [0.25, 0.3) is 0 Å². The molecule has 7 nitrogen and oxygen atoms in total. The summed E-state index contributed by atoms with van der Waals surface area (Å²) in [6, 6.07) is 8.75. The molecule has 1 aromatic heterocycles. The van der Waals surface area contributed by atoms with Crippen LogP contribution in [0.15, 0.2) is 30.3 Å². The molecule has 0 N–H and O–H groups in total. The number of amides is 1. The van der Waals surface area contributed by atoms with Gasteiger partial charge in [0.15, 0.2) is 0 Å². The van der Waals surface area contributed by atoms with Crippen LogP contribution in [0.3, 0.4) is 0 Å². The highest BCUT2D eigenvalue weighted by Gasteiger charge is 2.30. The standard InChI is InChI=1S/C20H27N5O2/c1-4-25-17(14-23(2)3)21-22-19(25)16-10-12-24(13-11-16)20(27)18(26)15-8-6-5-7-9-15/h5-9,16H,4,10-14H2,1-3H3. The summed E-state index contributed by atoms with van der Waals surface area (Å²) in [7, 11) is 4.03. The molecule has 0 radical (unpaired) electrons. The van der Waals surface area contributed by atoms with Gasteiger partial charge in [0.2, 0.25) is 5.78 Å². The largest absolute Gasteiger partial charge is 0.336 e. The molecule has 0 unspecified atom stereocenters. The Morgan fingerprint density at radius 1 is 1.11 bits per heavy atom. The highest BCUT2D eigenvalue weighted by molar-refractivity contribution is 6.42. The van der Waals surface area contributed by atoms with Crippen LogP contribution in [0, 0.1) is 0 Å². The number of likely N-dealkylation sites (tertiary alicyclic amines) is 1. The van der Waals surface area contributed by atoms with Crippen LogP contribution in [0.1, 0.15) is 47.7 Å². The van der Waals surface area contributed by atoms with Crippen molar-refractivity contribution < 1.29 is 9.59 Å². The summed E-state index contributed by atoms with van der Waals surface area (Å²) >= 11 is 0. The van der Waals surface area contributed by atoms with Crippen molar-refractivity contribution in [3.05, 3.63) is 47.5 Å². The van der Waals surface area contributed by atoms with Crippen LogP contribution < -0.4 is 0 Å². The molecule has 0 aliphatic carbocycles. The Balaban J connectivity index is 1.64. The fourth-order valence-corrected chi connectivity index (χ4v) is 3.59. The maximum absolute atomic E-state index is 12.5. The fourth-order valence-electron chi connectivity index (χ4n) is 3.59. The number of carbonyl (C=O) groups excluding carboxylic acids is 2. The number of nitrogens with zero attached hydrogens (tertiary/aromatic N) is 5. The third-order valence-electron chi connectivity index (χ3n) is 5.01. The number of rotatable bonds is 6. The Bertz CT molecular complexity index is 792. The van der Waals surface area contributed by atoms with Crippen LogP contribution in [0.4, 0.5) is 0 Å². The number of ketones is 1. The summed E-state index contributed by atoms with van der Waals surface area (Å²) < 4.78 is 2.18. The lowest BCUT2D eigenvalue weighted by atomic mass is 9.95. The maximum Gasteiger partial charge on any atom is 0.294 e. The first-order chi connectivity index (χ1) is 13.0. The molecule has 2 heterocycles. The lowest BCUT2D eigenvalue weighted by Gasteiger charge is -2.31. The van der Waals surface area contributed by atoms with E-state index in [0.29, 0.717) is 18.7 Å². The van der Waals surface area contributed by atoms with Crippen LogP contribution in [0.5, 0.6) is 0 Å². The number of carbonyl (C=O) groups is 2. The molecule has 0 saturated carbocycles. The zero-order valence-corrected chi connectivity index (χ0v) is 16.3. The Morgan fingerprint density at radius 2 is 1.78 bits per heavy atom. The molecule has 144 valence electrons. The van der Waals surface area contributed by atoms with Crippen molar-refractivity contribution in [3.63, 3.8) is 0 Å². The molecule has 0 spiro atoms. The van der Waals surface area contributed by atoms with E-state index in [2.05, 4.69) is 26.6 Å². The van der Waals surface area contributed by atoms with Crippen LogP contribution in [0.2, 0.25) is 0 Å². The molecule has 1 aromatic carbocycles. The van der Waals surface area contributed by atoms with Gasteiger partial charge in [0.25, 0.3) is 5.91 Å². The zero-order valence-electron chi connectivity index (χ0n) is 16.3. The number of benzene rings is 1. The van der Waals surface area contributed by atoms with E-state index in [0.717, 1.165) is 37.6 Å². The third kappa shape index (κ3) is 4.24. The number of aromatic nitrogens is 3. The molecular formula is C20H27N5O2. The highest BCUT2D eigenvalue weighted by atomic mass is 16.2. The molecular weight excluding hydrogens is 342 g/mol. The minimum Gasteiger partial charge on any atom is -0.336 e. The second kappa shape index (κ2) is 8.43. The smallest absolute Gasteiger partial charge is 0.294 e. The van der Waals surface area contributed by atoms with E-state index in [1.807, 2.05) is 20.2 Å². The van der Waals surface area contributed by atoms with Crippen molar-refractivity contribution in [1.82, 2.24) is 24.6 Å². The second-order valence-corrected chi connectivity index (χ2v) is 7.22. The van der Waals surface area contributed by atoms with Crippen LogP contribution in [-0.4, -0.2) is 63.4 Å². The van der Waals surface area contributed by atoms with E-state index in [1.165, 1.54) is 0 Å². The van der Waals surface area contributed by atoms with Gasteiger partial charge in [-0.25, -0.2) is 0 Å². The monoisotopic (exact) mass is 369 g/mol. The Labute approximate surface area is 160 Å². The van der Waals surface area contributed by atoms with Crippen LogP contribution >= 0.6 is 0 Å². The molecule has 2 aromatic rings. The predicted molar refractivity (Wildman–Crippen MR) is 102 cm³/mol. The van der Waals surface area contributed by atoms with Gasteiger partial charge >= 0.3 is 0 Å². The Morgan fingerprint density at radius 3 is 2.37 bits per heavy atom. The molecule has 1 fully saturated rings. The first-order valence-electron chi connectivity index (χ1n) is 9.46. The van der Waals surface area contributed by atoms with Crippen molar-refractivity contribution in [1.29, 1.82) is 0 Å². The summed E-state index contributed by atoms with van der Waals surface area (Å²) in [4.78, 5) is 28.7. The molecule has 7 heteroatoms. The molecule has 1 saturated heterocycles. The highest BCUT2D eigenvalue weighted by Crippen LogP contribution is 2.28. The summed E-state index contributed by atoms with van der Waals surface area (Å²) in [6.07, 6.45) is 1.60. The number of hydrogen-bond acceptors (Lipinski definition) is 5. The van der Waals surface area contributed by atoms with Crippen molar-refractivity contribution in [2.45, 2.75) is 38.8 Å². The predicted octanol–water partition coefficient (Wildman–Crippen LogP) is 1.95. The van der Waals surface area contributed by atoms with Crippen molar-refractivity contribution >= 4 is 11.7 Å². The molecule has 0 bridgehead atoms. The molecule has 1 aliphatic heterocycles. The lowest BCUT2D eigenvalue weighted by Crippen LogP contribution is -2.42. The van der Waals surface area contributed by atoms with E-state index in [4.69, 9.17) is 0 Å². The van der Waals surface area contributed by atoms with Crippen molar-refractivity contribution in [2.24, 2.45) is 0 Å². The van der Waals surface area contributed by atoms with E-state index in [9.17, 15) is 9.59 Å². The van der Waals surface area contributed by atoms with Crippen molar-refractivity contribution in [3.8, 4) is 0 Å². The van der Waals surface area contributed by atoms with Crippen molar-refractivity contribution in [2.75, 3.05) is 27.2 Å².